The molecule has 0 radical (unpaired) electrons. The van der Waals surface area contributed by atoms with Gasteiger partial charge in [0.2, 0.25) is 5.78 Å². The fraction of sp³-hybridized carbons (Fsp3) is 0.240. The normalized spacial score (nSPS) is 11.4. The fourth-order valence-electron chi connectivity index (χ4n) is 3.36. The van der Waals surface area contributed by atoms with Crippen LogP contribution in [0.3, 0.4) is 0 Å². The number of halogens is 1. The van der Waals surface area contributed by atoms with Crippen LogP contribution in [0.1, 0.15) is 40.9 Å². The van der Waals surface area contributed by atoms with Crippen molar-refractivity contribution in [3.8, 4) is 11.3 Å². The highest BCUT2D eigenvalue weighted by Gasteiger charge is 2.27. The predicted molar refractivity (Wildman–Crippen MR) is 137 cm³/mol. The van der Waals surface area contributed by atoms with E-state index in [1.807, 2.05) is 12.1 Å². The van der Waals surface area contributed by atoms with Crippen molar-refractivity contribution >= 4 is 40.4 Å². The molecule has 35 heavy (non-hydrogen) atoms. The van der Waals surface area contributed by atoms with E-state index in [1.54, 1.807) is 63.4 Å². The Bertz CT molecular complexity index is 1430. The molecule has 0 saturated carbocycles. The third kappa shape index (κ3) is 5.58. The molecule has 0 spiro atoms. The minimum atomic E-state index is -0.696. The highest BCUT2D eigenvalue weighted by molar-refractivity contribution is 7.16. The van der Waals surface area contributed by atoms with Crippen molar-refractivity contribution in [3.63, 3.8) is 0 Å². The number of pyridine rings is 2. The molecule has 0 unspecified atom stereocenters. The van der Waals surface area contributed by atoms with E-state index in [4.69, 9.17) is 11.6 Å². The molecule has 8 nitrogen and oxygen atoms in total. The van der Waals surface area contributed by atoms with Gasteiger partial charge in [-0.2, -0.15) is 9.78 Å². The lowest BCUT2D eigenvalue weighted by Gasteiger charge is -2.18. The molecule has 0 amide bonds. The first-order valence-electron chi connectivity index (χ1n) is 10.9. The molecule has 0 atom stereocenters. The summed E-state index contributed by atoms with van der Waals surface area (Å²) in [4.78, 5) is 44.0. The Balaban J connectivity index is 1.68. The smallest absolute Gasteiger partial charge is 0.260 e. The van der Waals surface area contributed by atoms with Crippen LogP contribution >= 0.6 is 22.9 Å². The monoisotopic (exact) mass is 509 g/mol. The lowest BCUT2D eigenvalue weighted by atomic mass is 9.96. The number of nitrogens with zero attached hydrogens (tertiary/aromatic N) is 4. The largest absolute Gasteiger partial charge is 0.365 e. The van der Waals surface area contributed by atoms with Crippen molar-refractivity contribution in [2.75, 3.05) is 5.32 Å². The number of carbonyl (C=O) groups is 2. The van der Waals surface area contributed by atoms with Crippen LogP contribution in [-0.4, -0.2) is 31.0 Å². The van der Waals surface area contributed by atoms with Gasteiger partial charge in [-0.15, -0.1) is 11.3 Å². The molecule has 4 aromatic rings. The summed E-state index contributed by atoms with van der Waals surface area (Å²) in [5.74, 6) is -0.0453. The number of hydrogen-bond acceptors (Lipinski definition) is 7. The number of carbonyl (C=O) groups excluding carboxylic acids is 2. The average Bonchev–Trinajstić information content (AvgIpc) is 3.44. The van der Waals surface area contributed by atoms with Gasteiger partial charge in [0, 0.05) is 28.8 Å². The van der Waals surface area contributed by atoms with Crippen LogP contribution in [0.2, 0.25) is 4.34 Å². The van der Waals surface area contributed by atoms with Gasteiger partial charge in [-0.05, 0) is 36.4 Å². The number of thiophene rings is 1. The molecule has 0 bridgehead atoms. The molecular formula is C25H24ClN5O3S. The zero-order valence-corrected chi connectivity index (χ0v) is 21.1. The number of rotatable bonds is 7. The predicted octanol–water partition coefficient (Wildman–Crippen LogP) is 5.00. The van der Waals surface area contributed by atoms with Crippen molar-refractivity contribution in [1.29, 1.82) is 0 Å². The molecule has 0 aliphatic rings. The average molecular weight is 510 g/mol. The molecule has 0 aliphatic carbocycles. The maximum absolute atomic E-state index is 13.2. The van der Waals surface area contributed by atoms with E-state index < -0.39 is 5.41 Å². The summed E-state index contributed by atoms with van der Waals surface area (Å²) >= 11 is 7.47. The van der Waals surface area contributed by atoms with Gasteiger partial charge in [0.15, 0.2) is 0 Å². The summed E-state index contributed by atoms with van der Waals surface area (Å²) < 4.78 is 3.28. The van der Waals surface area contributed by atoms with E-state index in [0.717, 1.165) is 4.88 Å². The second kappa shape index (κ2) is 9.97. The van der Waals surface area contributed by atoms with Gasteiger partial charge in [-0.3, -0.25) is 19.4 Å². The van der Waals surface area contributed by atoms with Crippen LogP contribution in [0, 0.1) is 5.41 Å². The standard InChI is InChI=1S/C25H24ClN5O3S/c1-25(2,3)24(34)31-22(28-14-16-9-10-21(26)35-16)13-19(29-31)17-7-6-12-30(23(17)33)15-20(32)18-8-4-5-11-27-18/h4-13,28H,14-15H2,1-3H3. The van der Waals surface area contributed by atoms with Crippen LogP contribution < -0.4 is 10.9 Å². The molecule has 0 fully saturated rings. The number of anilines is 1. The van der Waals surface area contributed by atoms with Crippen molar-refractivity contribution in [2.45, 2.75) is 33.9 Å². The second-order valence-electron chi connectivity index (χ2n) is 8.93. The highest BCUT2D eigenvalue weighted by atomic mass is 35.5. The topological polar surface area (TPSA) is 98.9 Å². The first kappa shape index (κ1) is 24.6. The van der Waals surface area contributed by atoms with Gasteiger partial charge in [0.25, 0.3) is 11.5 Å². The molecule has 4 aromatic heterocycles. The van der Waals surface area contributed by atoms with Crippen LogP contribution in [-0.2, 0) is 13.1 Å². The molecular weight excluding hydrogens is 486 g/mol. The van der Waals surface area contributed by atoms with Gasteiger partial charge < -0.3 is 9.88 Å². The van der Waals surface area contributed by atoms with Crippen LogP contribution in [0.5, 0.6) is 0 Å². The highest BCUT2D eigenvalue weighted by Crippen LogP contribution is 2.26. The quantitative estimate of drug-likeness (QED) is 0.352. The first-order chi connectivity index (χ1) is 16.6. The fourth-order valence-corrected chi connectivity index (χ4v) is 4.38. The SMILES string of the molecule is CC(C)(C)C(=O)n1nc(-c2cccn(CC(=O)c3ccccn3)c2=O)cc1NCc1ccc(Cl)s1. The van der Waals surface area contributed by atoms with E-state index in [2.05, 4.69) is 15.4 Å². The van der Waals surface area contributed by atoms with Crippen LogP contribution in [0.25, 0.3) is 11.3 Å². The Kier molecular flexibility index (Phi) is 7.00. The zero-order chi connectivity index (χ0) is 25.2. The Morgan fingerprint density at radius 2 is 1.91 bits per heavy atom. The number of ketones is 1. The Morgan fingerprint density at radius 3 is 2.57 bits per heavy atom. The molecule has 180 valence electrons. The third-order valence-electron chi connectivity index (χ3n) is 5.18. The van der Waals surface area contributed by atoms with E-state index in [1.165, 1.54) is 26.8 Å². The Morgan fingerprint density at radius 1 is 1.11 bits per heavy atom. The van der Waals surface area contributed by atoms with Crippen molar-refractivity contribution in [1.82, 2.24) is 19.3 Å². The van der Waals surface area contributed by atoms with Gasteiger partial charge in [0.05, 0.1) is 23.0 Å². The minimum Gasteiger partial charge on any atom is -0.365 e. The summed E-state index contributed by atoms with van der Waals surface area (Å²) in [5.41, 5.74) is -0.188. The minimum absolute atomic E-state index is 0.157. The lowest BCUT2D eigenvalue weighted by Crippen LogP contribution is -2.29. The molecule has 0 aliphatic heterocycles. The van der Waals surface area contributed by atoms with Gasteiger partial charge in [-0.1, -0.05) is 38.4 Å². The van der Waals surface area contributed by atoms with Gasteiger partial charge in [-0.25, -0.2) is 0 Å². The Labute approximate surface area is 211 Å². The van der Waals surface area contributed by atoms with Gasteiger partial charge >= 0.3 is 0 Å². The van der Waals surface area contributed by atoms with E-state index in [0.29, 0.717) is 22.4 Å². The number of nitrogens with one attached hydrogen (secondary N) is 1. The summed E-state index contributed by atoms with van der Waals surface area (Å²) in [7, 11) is 0. The third-order valence-corrected chi connectivity index (χ3v) is 6.41. The van der Waals surface area contributed by atoms with E-state index in [9.17, 15) is 14.4 Å². The van der Waals surface area contributed by atoms with Crippen LogP contribution in [0.4, 0.5) is 5.82 Å². The number of hydrogen-bond donors (Lipinski definition) is 1. The lowest BCUT2D eigenvalue weighted by molar-refractivity contribution is 0.0752. The van der Waals surface area contributed by atoms with Crippen molar-refractivity contribution in [3.05, 3.63) is 86.2 Å². The molecule has 10 heteroatoms. The molecule has 0 aromatic carbocycles. The van der Waals surface area contributed by atoms with Gasteiger partial charge in [0.1, 0.15) is 17.2 Å². The first-order valence-corrected chi connectivity index (χ1v) is 12.1. The molecule has 4 heterocycles. The van der Waals surface area contributed by atoms with Crippen molar-refractivity contribution < 1.29 is 9.59 Å². The maximum Gasteiger partial charge on any atom is 0.260 e. The number of aromatic nitrogens is 4. The van der Waals surface area contributed by atoms with E-state index >= 15 is 0 Å². The Hall–Kier alpha value is -3.56. The molecule has 4 rings (SSSR count). The van der Waals surface area contributed by atoms with E-state index in [-0.39, 0.29) is 35.1 Å². The molecule has 0 saturated heterocycles. The maximum atomic E-state index is 13.2. The van der Waals surface area contributed by atoms with Crippen LogP contribution in [0.15, 0.2) is 65.7 Å². The summed E-state index contributed by atoms with van der Waals surface area (Å²) in [5, 5.41) is 7.71. The summed E-state index contributed by atoms with van der Waals surface area (Å²) in [6.07, 6.45) is 3.08. The molecule has 1 N–H and O–H groups in total. The van der Waals surface area contributed by atoms with Crippen molar-refractivity contribution in [2.24, 2.45) is 5.41 Å². The second-order valence-corrected chi connectivity index (χ2v) is 10.7. The zero-order valence-electron chi connectivity index (χ0n) is 19.5. The summed E-state index contributed by atoms with van der Waals surface area (Å²) in [6, 6.07) is 13.7. The number of Topliss-reactive ketones (excluding diaryl/α,β-unsaturated/α-hetero) is 1. The summed E-state index contributed by atoms with van der Waals surface area (Å²) in [6.45, 7) is 5.70.